The molecule has 1 saturated carbocycles. The van der Waals surface area contributed by atoms with Gasteiger partial charge in [-0.2, -0.15) is 0 Å². The molecule has 0 radical (unpaired) electrons. The molecule has 0 unspecified atom stereocenters. The standard InChI is InChI=1S/C25H31N5O3S/c31-25(27-21-7-5-8-21)20-10-11-24-28-23(18-30(24)17-20)19-6-4-9-22(16-19)34(32,33)26-12-15-29-13-2-1-3-14-29/h4,6,9-11,16-18,21,26H,1-3,5,7-8,12-15H2,(H,27,31). The lowest BCUT2D eigenvalue weighted by Gasteiger charge is -2.26. The highest BCUT2D eigenvalue weighted by Crippen LogP contribution is 2.23. The van der Waals surface area contributed by atoms with Crippen molar-refractivity contribution < 1.29 is 13.2 Å². The number of nitrogens with one attached hydrogen (secondary N) is 2. The van der Waals surface area contributed by atoms with Crippen LogP contribution in [0.5, 0.6) is 0 Å². The van der Waals surface area contributed by atoms with E-state index in [0.29, 0.717) is 29.0 Å². The van der Waals surface area contributed by atoms with Crippen LogP contribution < -0.4 is 10.0 Å². The van der Waals surface area contributed by atoms with E-state index in [4.69, 9.17) is 0 Å². The average molecular weight is 482 g/mol. The largest absolute Gasteiger partial charge is 0.349 e. The van der Waals surface area contributed by atoms with Crippen LogP contribution in [0.3, 0.4) is 0 Å². The van der Waals surface area contributed by atoms with E-state index in [1.165, 1.54) is 19.3 Å². The summed E-state index contributed by atoms with van der Waals surface area (Å²) in [4.78, 5) is 19.6. The summed E-state index contributed by atoms with van der Waals surface area (Å²) in [5.41, 5.74) is 2.64. The number of benzene rings is 1. The molecule has 2 aliphatic rings. The van der Waals surface area contributed by atoms with Crippen LogP contribution in [0.4, 0.5) is 0 Å². The van der Waals surface area contributed by atoms with Gasteiger partial charge in [0, 0.05) is 37.1 Å². The second-order valence-corrected chi connectivity index (χ2v) is 11.0. The zero-order valence-electron chi connectivity index (χ0n) is 19.2. The van der Waals surface area contributed by atoms with E-state index in [2.05, 4.69) is 19.9 Å². The summed E-state index contributed by atoms with van der Waals surface area (Å²) in [6, 6.07) is 10.7. The molecule has 9 heteroatoms. The molecule has 1 amide bonds. The van der Waals surface area contributed by atoms with Crippen LogP contribution in [-0.2, 0) is 10.0 Å². The van der Waals surface area contributed by atoms with Crippen LogP contribution in [-0.4, -0.2) is 60.8 Å². The minimum absolute atomic E-state index is 0.0782. The van der Waals surface area contributed by atoms with Gasteiger partial charge < -0.3 is 14.6 Å². The average Bonchev–Trinajstić information content (AvgIpc) is 3.25. The Morgan fingerprint density at radius 3 is 2.62 bits per heavy atom. The smallest absolute Gasteiger partial charge is 0.252 e. The molecule has 1 aliphatic heterocycles. The Hall–Kier alpha value is -2.75. The summed E-state index contributed by atoms with van der Waals surface area (Å²) in [7, 11) is -3.61. The predicted molar refractivity (Wildman–Crippen MR) is 131 cm³/mol. The summed E-state index contributed by atoms with van der Waals surface area (Å²) < 4.78 is 30.3. The van der Waals surface area contributed by atoms with Gasteiger partial charge in [0.1, 0.15) is 5.65 Å². The third kappa shape index (κ3) is 5.16. The van der Waals surface area contributed by atoms with Gasteiger partial charge in [-0.1, -0.05) is 18.6 Å². The molecular formula is C25H31N5O3S. The number of pyridine rings is 1. The summed E-state index contributed by atoms with van der Waals surface area (Å²) in [5.74, 6) is -0.0782. The van der Waals surface area contributed by atoms with Gasteiger partial charge in [0.05, 0.1) is 16.2 Å². The zero-order valence-corrected chi connectivity index (χ0v) is 20.1. The van der Waals surface area contributed by atoms with E-state index in [9.17, 15) is 13.2 Å². The Bertz CT molecular complexity index is 1280. The molecule has 1 aliphatic carbocycles. The number of nitrogens with zero attached hydrogens (tertiary/aromatic N) is 3. The molecule has 1 saturated heterocycles. The molecule has 3 heterocycles. The summed E-state index contributed by atoms with van der Waals surface area (Å²) in [6.45, 7) is 3.19. The maximum Gasteiger partial charge on any atom is 0.252 e. The number of fused-ring (bicyclic) bond motifs is 1. The van der Waals surface area contributed by atoms with Gasteiger partial charge in [0.25, 0.3) is 5.91 Å². The predicted octanol–water partition coefficient (Wildman–Crippen LogP) is 3.05. The number of hydrogen-bond acceptors (Lipinski definition) is 5. The number of likely N-dealkylation sites (tertiary alicyclic amines) is 1. The van der Waals surface area contributed by atoms with Gasteiger partial charge in [-0.05, 0) is 69.5 Å². The molecule has 3 aromatic rings. The second-order valence-electron chi connectivity index (χ2n) is 9.24. The quantitative estimate of drug-likeness (QED) is 0.516. The molecule has 2 N–H and O–H groups in total. The Morgan fingerprint density at radius 1 is 1.03 bits per heavy atom. The van der Waals surface area contributed by atoms with Crippen molar-refractivity contribution in [1.82, 2.24) is 24.3 Å². The normalized spacial score (nSPS) is 17.5. The topological polar surface area (TPSA) is 95.8 Å². The van der Waals surface area contributed by atoms with Crippen molar-refractivity contribution >= 4 is 21.6 Å². The summed E-state index contributed by atoms with van der Waals surface area (Å²) in [5, 5.41) is 3.05. The van der Waals surface area contributed by atoms with Crippen molar-refractivity contribution in [1.29, 1.82) is 0 Å². The summed E-state index contributed by atoms with van der Waals surface area (Å²) >= 11 is 0. The Labute approximate surface area is 200 Å². The number of piperidine rings is 1. The van der Waals surface area contributed by atoms with Crippen LogP contribution in [0, 0.1) is 0 Å². The number of aromatic nitrogens is 2. The number of sulfonamides is 1. The van der Waals surface area contributed by atoms with Crippen LogP contribution in [0.1, 0.15) is 48.9 Å². The fraction of sp³-hybridized carbons (Fsp3) is 0.440. The Morgan fingerprint density at radius 2 is 1.85 bits per heavy atom. The zero-order chi connectivity index (χ0) is 23.5. The van der Waals surface area contributed by atoms with E-state index < -0.39 is 10.0 Å². The van der Waals surface area contributed by atoms with Crippen molar-refractivity contribution in [2.24, 2.45) is 0 Å². The molecule has 2 aromatic heterocycles. The molecule has 34 heavy (non-hydrogen) atoms. The first-order valence-corrected chi connectivity index (χ1v) is 13.6. The Balaban J connectivity index is 1.29. The number of imidazole rings is 1. The molecular weight excluding hydrogens is 450 g/mol. The lowest BCUT2D eigenvalue weighted by Crippen LogP contribution is -2.39. The maximum atomic E-state index is 12.9. The first-order chi connectivity index (χ1) is 16.5. The monoisotopic (exact) mass is 481 g/mol. The highest BCUT2D eigenvalue weighted by Gasteiger charge is 2.21. The number of rotatable bonds is 8. The number of hydrogen-bond donors (Lipinski definition) is 2. The lowest BCUT2D eigenvalue weighted by molar-refractivity contribution is 0.0916. The van der Waals surface area contributed by atoms with Gasteiger partial charge in [0.15, 0.2) is 0 Å². The van der Waals surface area contributed by atoms with E-state index in [0.717, 1.165) is 38.9 Å². The Kier molecular flexibility index (Phi) is 6.67. The third-order valence-electron chi connectivity index (χ3n) is 6.76. The van der Waals surface area contributed by atoms with Gasteiger partial charge in [-0.3, -0.25) is 4.79 Å². The van der Waals surface area contributed by atoms with E-state index in [-0.39, 0.29) is 16.8 Å². The minimum Gasteiger partial charge on any atom is -0.349 e. The molecule has 1 aromatic carbocycles. The van der Waals surface area contributed by atoms with Crippen molar-refractivity contribution in [3.05, 3.63) is 54.4 Å². The number of carbonyl (C=O) groups is 1. The molecule has 5 rings (SSSR count). The first kappa shape index (κ1) is 23.0. The lowest BCUT2D eigenvalue weighted by atomic mass is 9.93. The minimum atomic E-state index is -3.61. The van der Waals surface area contributed by atoms with Crippen LogP contribution in [0.15, 0.2) is 53.7 Å². The van der Waals surface area contributed by atoms with Crippen molar-refractivity contribution in [2.45, 2.75) is 49.5 Å². The van der Waals surface area contributed by atoms with E-state index in [1.54, 1.807) is 30.5 Å². The SMILES string of the molecule is O=C(NC1CCC1)c1ccc2nc(-c3cccc(S(=O)(=O)NCCN4CCCCC4)c3)cn2c1. The maximum absolute atomic E-state index is 12.9. The van der Waals surface area contributed by atoms with Crippen LogP contribution in [0.2, 0.25) is 0 Å². The molecule has 180 valence electrons. The molecule has 0 spiro atoms. The van der Waals surface area contributed by atoms with Gasteiger partial charge >= 0.3 is 0 Å². The van der Waals surface area contributed by atoms with Crippen LogP contribution >= 0.6 is 0 Å². The fourth-order valence-electron chi connectivity index (χ4n) is 4.51. The molecule has 2 fully saturated rings. The fourth-order valence-corrected chi connectivity index (χ4v) is 5.58. The highest BCUT2D eigenvalue weighted by atomic mass is 32.2. The third-order valence-corrected chi connectivity index (χ3v) is 8.22. The van der Waals surface area contributed by atoms with Gasteiger partial charge in [-0.25, -0.2) is 18.1 Å². The number of amides is 1. The molecule has 8 nitrogen and oxygen atoms in total. The molecule has 0 atom stereocenters. The van der Waals surface area contributed by atoms with E-state index >= 15 is 0 Å². The second kappa shape index (κ2) is 9.85. The number of carbonyl (C=O) groups excluding carboxylic acids is 1. The molecule has 0 bridgehead atoms. The van der Waals surface area contributed by atoms with E-state index in [1.807, 2.05) is 22.7 Å². The van der Waals surface area contributed by atoms with Crippen molar-refractivity contribution in [2.75, 3.05) is 26.2 Å². The van der Waals surface area contributed by atoms with Crippen molar-refractivity contribution in [3.63, 3.8) is 0 Å². The van der Waals surface area contributed by atoms with Crippen molar-refractivity contribution in [3.8, 4) is 11.3 Å². The van der Waals surface area contributed by atoms with Gasteiger partial charge in [0.2, 0.25) is 10.0 Å². The highest BCUT2D eigenvalue weighted by molar-refractivity contribution is 7.89. The first-order valence-electron chi connectivity index (χ1n) is 12.1. The van der Waals surface area contributed by atoms with Gasteiger partial charge in [-0.15, -0.1) is 0 Å². The summed E-state index contributed by atoms with van der Waals surface area (Å²) in [6.07, 6.45) is 10.4. The van der Waals surface area contributed by atoms with Crippen LogP contribution in [0.25, 0.3) is 16.9 Å².